The van der Waals surface area contributed by atoms with Crippen LogP contribution in [0.2, 0.25) is 0 Å². The lowest BCUT2D eigenvalue weighted by Crippen LogP contribution is -2.13. The molecule has 3 nitrogen and oxygen atoms in total. The van der Waals surface area contributed by atoms with Crippen molar-refractivity contribution in [3.8, 4) is 0 Å². The zero-order chi connectivity index (χ0) is 13.0. The van der Waals surface area contributed by atoms with Gasteiger partial charge in [0.1, 0.15) is 5.76 Å². The normalized spacial score (nSPS) is 10.3. The lowest BCUT2D eigenvalue weighted by Gasteiger charge is -2.08. The summed E-state index contributed by atoms with van der Waals surface area (Å²) in [5.74, 6) is 0.886. The fourth-order valence-corrected chi connectivity index (χ4v) is 2.00. The molecule has 4 heteroatoms. The molecule has 1 amide bonds. The van der Waals surface area contributed by atoms with Crippen LogP contribution in [0.15, 0.2) is 41.0 Å². The highest BCUT2D eigenvalue weighted by Gasteiger charge is 2.14. The van der Waals surface area contributed by atoms with Crippen molar-refractivity contribution in [3.05, 3.63) is 53.5 Å². The summed E-state index contributed by atoms with van der Waals surface area (Å²) in [5, 5.41) is 2.86. The van der Waals surface area contributed by atoms with Crippen LogP contribution in [0.1, 0.15) is 28.6 Å². The Balaban J connectivity index is 2.21. The molecule has 0 radical (unpaired) electrons. The summed E-state index contributed by atoms with van der Waals surface area (Å²) in [6, 6.07) is 9.15. The molecule has 2 rings (SSSR count). The number of hydrogen-bond donors (Lipinski definition) is 1. The summed E-state index contributed by atoms with van der Waals surface area (Å²) >= 11 is 5.83. The first-order valence-corrected chi connectivity index (χ1v) is 6.31. The van der Waals surface area contributed by atoms with Gasteiger partial charge in [0, 0.05) is 18.0 Å². The summed E-state index contributed by atoms with van der Waals surface area (Å²) in [5.41, 5.74) is 2.21. The van der Waals surface area contributed by atoms with E-state index >= 15 is 0 Å². The van der Waals surface area contributed by atoms with Crippen molar-refractivity contribution in [2.75, 3.05) is 5.32 Å². The summed E-state index contributed by atoms with van der Waals surface area (Å²) in [7, 11) is 0. The Hall–Kier alpha value is -1.74. The number of aryl methyl sites for hydroxylation is 1. The minimum absolute atomic E-state index is 0.168. The van der Waals surface area contributed by atoms with E-state index in [2.05, 4.69) is 5.32 Å². The highest BCUT2D eigenvalue weighted by atomic mass is 35.5. The van der Waals surface area contributed by atoms with E-state index in [0.717, 1.165) is 11.3 Å². The number of halogens is 1. The van der Waals surface area contributed by atoms with Gasteiger partial charge in [-0.3, -0.25) is 4.79 Å². The van der Waals surface area contributed by atoms with Crippen molar-refractivity contribution in [2.45, 2.75) is 19.2 Å². The number of alkyl halides is 1. The van der Waals surface area contributed by atoms with Crippen LogP contribution in [-0.4, -0.2) is 5.91 Å². The van der Waals surface area contributed by atoms with Crippen molar-refractivity contribution >= 4 is 23.2 Å². The maximum Gasteiger partial charge on any atom is 0.259 e. The first-order valence-electron chi connectivity index (χ1n) is 5.77. The molecular weight excluding hydrogens is 250 g/mol. The van der Waals surface area contributed by atoms with Gasteiger partial charge < -0.3 is 9.73 Å². The van der Waals surface area contributed by atoms with E-state index in [1.54, 1.807) is 6.07 Å². The van der Waals surface area contributed by atoms with Crippen LogP contribution in [0.5, 0.6) is 0 Å². The van der Waals surface area contributed by atoms with Crippen LogP contribution in [0, 0.1) is 0 Å². The second kappa shape index (κ2) is 5.74. The molecule has 94 valence electrons. The zero-order valence-electron chi connectivity index (χ0n) is 10.1. The second-order valence-electron chi connectivity index (χ2n) is 3.86. The van der Waals surface area contributed by atoms with E-state index in [1.807, 2.05) is 31.2 Å². The summed E-state index contributed by atoms with van der Waals surface area (Å²) in [4.78, 5) is 12.1. The average Bonchev–Trinajstić information content (AvgIpc) is 2.87. The lowest BCUT2D eigenvalue weighted by molar-refractivity contribution is 0.102. The van der Waals surface area contributed by atoms with Gasteiger partial charge in [0.2, 0.25) is 0 Å². The maximum atomic E-state index is 12.1. The number of para-hydroxylation sites is 1. The van der Waals surface area contributed by atoms with Gasteiger partial charge in [0.25, 0.3) is 5.91 Å². The van der Waals surface area contributed by atoms with Gasteiger partial charge in [-0.25, -0.2) is 0 Å². The molecule has 1 heterocycles. The Morgan fingerprint density at radius 2 is 2.11 bits per heavy atom. The molecule has 1 aromatic carbocycles. The highest BCUT2D eigenvalue weighted by Crippen LogP contribution is 2.19. The Labute approximate surface area is 111 Å². The molecule has 0 atom stereocenters. The third-order valence-electron chi connectivity index (χ3n) is 2.72. The van der Waals surface area contributed by atoms with Gasteiger partial charge in [-0.1, -0.05) is 25.1 Å². The van der Waals surface area contributed by atoms with Crippen molar-refractivity contribution in [1.29, 1.82) is 0 Å². The largest absolute Gasteiger partial charge is 0.469 e. The van der Waals surface area contributed by atoms with Gasteiger partial charge in [-0.05, 0) is 17.7 Å². The molecule has 0 saturated carbocycles. The van der Waals surface area contributed by atoms with E-state index in [4.69, 9.17) is 16.0 Å². The molecule has 0 fully saturated rings. The van der Waals surface area contributed by atoms with Gasteiger partial charge in [-0.2, -0.15) is 0 Å². The molecule has 0 saturated heterocycles. The number of rotatable bonds is 4. The monoisotopic (exact) mass is 263 g/mol. The van der Waals surface area contributed by atoms with Crippen molar-refractivity contribution < 1.29 is 9.21 Å². The number of nitrogens with one attached hydrogen (secondary N) is 1. The van der Waals surface area contributed by atoms with E-state index in [0.29, 0.717) is 23.6 Å². The maximum absolute atomic E-state index is 12.1. The van der Waals surface area contributed by atoms with Gasteiger partial charge in [0.15, 0.2) is 0 Å². The number of furan rings is 1. The fraction of sp³-hybridized carbons (Fsp3) is 0.214. The van der Waals surface area contributed by atoms with Gasteiger partial charge >= 0.3 is 0 Å². The van der Waals surface area contributed by atoms with Crippen LogP contribution in [0.25, 0.3) is 0 Å². The molecule has 18 heavy (non-hydrogen) atoms. The van der Waals surface area contributed by atoms with E-state index in [-0.39, 0.29) is 5.91 Å². The number of anilines is 1. The third-order valence-corrected chi connectivity index (χ3v) is 3.01. The third kappa shape index (κ3) is 2.57. The smallest absolute Gasteiger partial charge is 0.259 e. The van der Waals surface area contributed by atoms with Crippen molar-refractivity contribution in [2.24, 2.45) is 0 Å². The minimum Gasteiger partial charge on any atom is -0.469 e. The molecule has 0 aliphatic carbocycles. The zero-order valence-corrected chi connectivity index (χ0v) is 10.8. The summed E-state index contributed by atoms with van der Waals surface area (Å²) < 4.78 is 5.24. The van der Waals surface area contributed by atoms with Crippen LogP contribution >= 0.6 is 11.6 Å². The molecule has 0 spiro atoms. The minimum atomic E-state index is -0.168. The Kier molecular flexibility index (Phi) is 4.05. The Bertz CT molecular complexity index is 548. The van der Waals surface area contributed by atoms with Crippen LogP contribution < -0.4 is 5.32 Å². The van der Waals surface area contributed by atoms with Gasteiger partial charge in [0.05, 0.1) is 11.8 Å². The topological polar surface area (TPSA) is 42.2 Å². The van der Waals surface area contributed by atoms with Crippen molar-refractivity contribution in [3.63, 3.8) is 0 Å². The number of carbonyl (C=O) groups excluding carboxylic acids is 1. The molecule has 0 unspecified atom stereocenters. The molecule has 0 aliphatic heterocycles. The molecule has 0 bridgehead atoms. The molecule has 1 aromatic heterocycles. The van der Waals surface area contributed by atoms with E-state index in [1.165, 1.54) is 6.26 Å². The first kappa shape index (κ1) is 12.7. The highest BCUT2D eigenvalue weighted by molar-refractivity contribution is 6.17. The molecule has 2 aromatic rings. The lowest BCUT2D eigenvalue weighted by atomic mass is 10.1. The van der Waals surface area contributed by atoms with Crippen LogP contribution in [0.4, 0.5) is 5.69 Å². The van der Waals surface area contributed by atoms with E-state index in [9.17, 15) is 4.79 Å². The SMILES string of the molecule is CCc1occc1C(=O)Nc1ccccc1CCl. The van der Waals surface area contributed by atoms with Crippen LogP contribution in [-0.2, 0) is 12.3 Å². The predicted octanol–water partition coefficient (Wildman–Crippen LogP) is 3.83. The summed E-state index contributed by atoms with van der Waals surface area (Å²) in [6.07, 6.45) is 2.22. The van der Waals surface area contributed by atoms with Crippen molar-refractivity contribution in [1.82, 2.24) is 0 Å². The number of amides is 1. The van der Waals surface area contributed by atoms with E-state index < -0.39 is 0 Å². The summed E-state index contributed by atoms with van der Waals surface area (Å²) in [6.45, 7) is 1.95. The number of hydrogen-bond acceptors (Lipinski definition) is 2. The first-order chi connectivity index (χ1) is 8.76. The number of carbonyl (C=O) groups is 1. The molecule has 1 N–H and O–H groups in total. The Morgan fingerprint density at radius 1 is 1.33 bits per heavy atom. The van der Waals surface area contributed by atoms with Crippen LogP contribution in [0.3, 0.4) is 0 Å². The second-order valence-corrected chi connectivity index (χ2v) is 4.12. The predicted molar refractivity (Wildman–Crippen MR) is 72.0 cm³/mol. The van der Waals surface area contributed by atoms with Gasteiger partial charge in [-0.15, -0.1) is 11.6 Å². The fourth-order valence-electron chi connectivity index (χ4n) is 1.77. The average molecular weight is 264 g/mol. The quantitative estimate of drug-likeness (QED) is 0.852. The Morgan fingerprint density at radius 3 is 2.83 bits per heavy atom. The standard InChI is InChI=1S/C14H14ClNO2/c1-2-13-11(7-8-18-13)14(17)16-12-6-4-3-5-10(12)9-15/h3-8H,2,9H2,1H3,(H,16,17). The molecular formula is C14H14ClNO2. The number of benzene rings is 1. The molecule has 0 aliphatic rings.